The quantitative estimate of drug-likeness (QED) is 0.865. The average molecular weight is 332 g/mol. The highest BCUT2D eigenvalue weighted by atomic mass is 16.1. The van der Waals surface area contributed by atoms with E-state index in [0.717, 1.165) is 35.3 Å². The largest absolute Gasteiger partial charge is 0.353 e. The van der Waals surface area contributed by atoms with Gasteiger partial charge in [0.25, 0.3) is 0 Å². The van der Waals surface area contributed by atoms with E-state index in [9.17, 15) is 4.79 Å². The summed E-state index contributed by atoms with van der Waals surface area (Å²) < 4.78 is 2.06. The Labute approximate surface area is 146 Å². The third-order valence-corrected chi connectivity index (χ3v) is 6.23. The van der Waals surface area contributed by atoms with Gasteiger partial charge in [-0.25, -0.2) is 0 Å². The third kappa shape index (κ3) is 3.52. The van der Waals surface area contributed by atoms with Gasteiger partial charge in [0.1, 0.15) is 0 Å². The number of amides is 1. The van der Waals surface area contributed by atoms with Crippen LogP contribution in [-0.4, -0.2) is 21.7 Å². The van der Waals surface area contributed by atoms with E-state index >= 15 is 0 Å². The molecular formula is C20H33N3O. The van der Waals surface area contributed by atoms with Crippen molar-refractivity contribution in [1.82, 2.24) is 15.1 Å². The lowest BCUT2D eigenvalue weighted by Crippen LogP contribution is -2.40. The maximum atomic E-state index is 12.6. The van der Waals surface area contributed by atoms with Crippen LogP contribution in [0, 0.1) is 37.5 Å². The van der Waals surface area contributed by atoms with Crippen molar-refractivity contribution >= 4 is 5.91 Å². The number of rotatable bonds is 6. The van der Waals surface area contributed by atoms with Crippen molar-refractivity contribution in [1.29, 1.82) is 0 Å². The minimum atomic E-state index is 0.153. The Kier molecular flexibility index (Phi) is 5.03. The van der Waals surface area contributed by atoms with Crippen molar-refractivity contribution in [3.8, 4) is 0 Å². The Hall–Kier alpha value is -1.32. The van der Waals surface area contributed by atoms with Crippen LogP contribution in [0.3, 0.4) is 0 Å². The van der Waals surface area contributed by atoms with E-state index in [1.165, 1.54) is 25.7 Å². The Balaban J connectivity index is 1.59. The molecule has 4 heteroatoms. The molecule has 1 heterocycles. The molecule has 0 aromatic carbocycles. The van der Waals surface area contributed by atoms with Crippen LogP contribution < -0.4 is 5.32 Å². The molecule has 4 atom stereocenters. The molecule has 24 heavy (non-hydrogen) atoms. The van der Waals surface area contributed by atoms with Crippen LogP contribution in [0.1, 0.15) is 63.4 Å². The molecule has 0 radical (unpaired) electrons. The molecule has 2 bridgehead atoms. The zero-order valence-corrected chi connectivity index (χ0v) is 15.9. The predicted octanol–water partition coefficient (Wildman–Crippen LogP) is 3.64. The molecular weight excluding hydrogens is 298 g/mol. The first-order chi connectivity index (χ1) is 11.3. The van der Waals surface area contributed by atoms with Gasteiger partial charge in [0, 0.05) is 23.8 Å². The van der Waals surface area contributed by atoms with Crippen molar-refractivity contribution in [3.05, 3.63) is 17.0 Å². The normalized spacial score (nSPS) is 27.0. The molecule has 0 aliphatic heterocycles. The fourth-order valence-corrected chi connectivity index (χ4v) is 4.99. The number of fused-ring (bicyclic) bond motifs is 2. The van der Waals surface area contributed by atoms with Crippen molar-refractivity contribution in [2.45, 2.75) is 79.3 Å². The molecule has 4 unspecified atom stereocenters. The SMILES string of the molecule is Cc1nn(CC(C)C)c(C)c1CC(=O)NC(C)C1CC2CCC1C2. The lowest BCUT2D eigenvalue weighted by Gasteiger charge is -2.28. The molecule has 2 aliphatic rings. The molecule has 0 spiro atoms. The summed E-state index contributed by atoms with van der Waals surface area (Å²) in [6.07, 6.45) is 5.95. The average Bonchev–Trinajstić information content (AvgIpc) is 3.18. The van der Waals surface area contributed by atoms with Crippen LogP contribution in [0.15, 0.2) is 0 Å². The number of aromatic nitrogens is 2. The van der Waals surface area contributed by atoms with Gasteiger partial charge in [0.05, 0.1) is 12.1 Å². The van der Waals surface area contributed by atoms with E-state index in [1.807, 2.05) is 6.92 Å². The zero-order chi connectivity index (χ0) is 17.4. The molecule has 2 saturated carbocycles. The smallest absolute Gasteiger partial charge is 0.224 e. The summed E-state index contributed by atoms with van der Waals surface area (Å²) in [7, 11) is 0. The Morgan fingerprint density at radius 1 is 1.25 bits per heavy atom. The Morgan fingerprint density at radius 2 is 2.00 bits per heavy atom. The third-order valence-electron chi connectivity index (χ3n) is 6.23. The first-order valence-corrected chi connectivity index (χ1v) is 9.67. The van der Waals surface area contributed by atoms with E-state index in [1.54, 1.807) is 0 Å². The maximum Gasteiger partial charge on any atom is 0.224 e. The maximum absolute atomic E-state index is 12.6. The Bertz CT molecular complexity index is 604. The van der Waals surface area contributed by atoms with Crippen molar-refractivity contribution in [2.75, 3.05) is 0 Å². The fraction of sp³-hybridized carbons (Fsp3) is 0.800. The highest BCUT2D eigenvalue weighted by Crippen LogP contribution is 2.49. The van der Waals surface area contributed by atoms with E-state index < -0.39 is 0 Å². The summed E-state index contributed by atoms with van der Waals surface area (Å²) in [5, 5.41) is 7.91. The number of nitrogens with one attached hydrogen (secondary N) is 1. The Morgan fingerprint density at radius 3 is 2.58 bits per heavy atom. The summed E-state index contributed by atoms with van der Waals surface area (Å²) >= 11 is 0. The molecule has 3 rings (SSSR count). The molecule has 4 nitrogen and oxygen atoms in total. The molecule has 134 valence electrons. The van der Waals surface area contributed by atoms with Gasteiger partial charge in [-0.15, -0.1) is 0 Å². The molecule has 0 saturated heterocycles. The zero-order valence-electron chi connectivity index (χ0n) is 15.9. The van der Waals surface area contributed by atoms with Crippen LogP contribution in [0.25, 0.3) is 0 Å². The molecule has 1 N–H and O–H groups in total. The summed E-state index contributed by atoms with van der Waals surface area (Å²) in [5.74, 6) is 3.18. The van der Waals surface area contributed by atoms with Gasteiger partial charge in [-0.3, -0.25) is 9.48 Å². The van der Waals surface area contributed by atoms with E-state index in [-0.39, 0.29) is 5.91 Å². The van der Waals surface area contributed by atoms with Crippen molar-refractivity contribution in [2.24, 2.45) is 23.7 Å². The van der Waals surface area contributed by atoms with Crippen LogP contribution in [-0.2, 0) is 17.8 Å². The highest BCUT2D eigenvalue weighted by Gasteiger charge is 2.42. The van der Waals surface area contributed by atoms with Gasteiger partial charge in [-0.2, -0.15) is 5.10 Å². The standard InChI is InChI=1S/C20H33N3O/c1-12(2)11-23-15(5)18(14(4)22-23)10-20(24)21-13(3)19-9-16-6-7-17(19)8-16/h12-13,16-17,19H,6-11H2,1-5H3,(H,21,24). The van der Waals surface area contributed by atoms with Crippen LogP contribution in [0.5, 0.6) is 0 Å². The monoisotopic (exact) mass is 331 g/mol. The van der Waals surface area contributed by atoms with E-state index in [4.69, 9.17) is 0 Å². The van der Waals surface area contributed by atoms with Gasteiger partial charge in [0.2, 0.25) is 5.91 Å². The number of carbonyl (C=O) groups excluding carboxylic acids is 1. The second-order valence-electron chi connectivity index (χ2n) is 8.60. The minimum Gasteiger partial charge on any atom is -0.353 e. The molecule has 2 fully saturated rings. The highest BCUT2D eigenvalue weighted by molar-refractivity contribution is 5.79. The van der Waals surface area contributed by atoms with Gasteiger partial charge in [0.15, 0.2) is 0 Å². The molecule has 1 amide bonds. The summed E-state index contributed by atoms with van der Waals surface area (Å²) in [6, 6.07) is 0.305. The number of aryl methyl sites for hydroxylation is 1. The van der Waals surface area contributed by atoms with E-state index in [2.05, 4.69) is 42.8 Å². The van der Waals surface area contributed by atoms with Crippen LogP contribution in [0.4, 0.5) is 0 Å². The first kappa shape index (κ1) is 17.5. The van der Waals surface area contributed by atoms with Crippen molar-refractivity contribution in [3.63, 3.8) is 0 Å². The second kappa shape index (κ2) is 6.89. The fourth-order valence-electron chi connectivity index (χ4n) is 4.99. The first-order valence-electron chi connectivity index (χ1n) is 9.67. The predicted molar refractivity (Wildman–Crippen MR) is 96.8 cm³/mol. The number of hydrogen-bond acceptors (Lipinski definition) is 2. The van der Waals surface area contributed by atoms with Gasteiger partial charge in [-0.05, 0) is 63.7 Å². The molecule has 1 aromatic rings. The van der Waals surface area contributed by atoms with Crippen LogP contribution in [0.2, 0.25) is 0 Å². The van der Waals surface area contributed by atoms with Crippen LogP contribution >= 0.6 is 0 Å². The molecule has 2 aliphatic carbocycles. The van der Waals surface area contributed by atoms with Crippen molar-refractivity contribution < 1.29 is 4.79 Å². The number of carbonyl (C=O) groups is 1. The van der Waals surface area contributed by atoms with Gasteiger partial charge >= 0.3 is 0 Å². The van der Waals surface area contributed by atoms with Gasteiger partial charge in [-0.1, -0.05) is 20.3 Å². The summed E-state index contributed by atoms with van der Waals surface area (Å²) in [4.78, 5) is 12.6. The lowest BCUT2D eigenvalue weighted by molar-refractivity contribution is -0.121. The summed E-state index contributed by atoms with van der Waals surface area (Å²) in [6.45, 7) is 11.6. The number of hydrogen-bond donors (Lipinski definition) is 1. The number of nitrogens with zero attached hydrogens (tertiary/aromatic N) is 2. The summed E-state index contributed by atoms with van der Waals surface area (Å²) in [5.41, 5.74) is 3.24. The minimum absolute atomic E-state index is 0.153. The molecule has 1 aromatic heterocycles. The van der Waals surface area contributed by atoms with Gasteiger partial charge < -0.3 is 5.32 Å². The second-order valence-corrected chi connectivity index (χ2v) is 8.60. The topological polar surface area (TPSA) is 46.9 Å². The van der Waals surface area contributed by atoms with E-state index in [0.29, 0.717) is 24.3 Å². The lowest BCUT2D eigenvalue weighted by atomic mass is 9.84.